The second kappa shape index (κ2) is 10.7. The van der Waals surface area contributed by atoms with E-state index in [9.17, 15) is 9.59 Å². The molecule has 1 amide bonds. The molecule has 5 nitrogen and oxygen atoms in total. The van der Waals surface area contributed by atoms with Gasteiger partial charge in [-0.15, -0.1) is 0 Å². The number of benzene rings is 3. The summed E-state index contributed by atoms with van der Waals surface area (Å²) < 4.78 is 10.8. The van der Waals surface area contributed by atoms with Crippen molar-refractivity contribution >= 4 is 58.3 Å². The smallest absolute Gasteiger partial charge is 0.349 e. The molecule has 0 saturated carbocycles. The van der Waals surface area contributed by atoms with Crippen LogP contribution in [0.25, 0.3) is 0 Å². The lowest BCUT2D eigenvalue weighted by Crippen LogP contribution is -2.24. The zero-order valence-corrected chi connectivity index (χ0v) is 18.9. The van der Waals surface area contributed by atoms with Gasteiger partial charge in [-0.2, -0.15) is 0 Å². The summed E-state index contributed by atoms with van der Waals surface area (Å²) in [5.74, 6) is -0.497. The number of nitrogens with one attached hydrogen (secondary N) is 1. The number of esters is 1. The second-order valence-corrected chi connectivity index (χ2v) is 8.00. The molecule has 3 aromatic carbocycles. The third-order valence-corrected chi connectivity index (χ3v) is 4.98. The Balaban J connectivity index is 1.68. The third kappa shape index (κ3) is 6.77. The number of carbonyl (C=O) groups excluding carboxylic acids is 2. The summed E-state index contributed by atoms with van der Waals surface area (Å²) in [5.41, 5.74) is 0.809. The maximum absolute atomic E-state index is 12.4. The first-order valence-electron chi connectivity index (χ1n) is 8.92. The third-order valence-electron chi connectivity index (χ3n) is 4.00. The molecule has 0 saturated heterocycles. The van der Waals surface area contributed by atoms with Gasteiger partial charge in [0, 0.05) is 32.7 Å². The van der Waals surface area contributed by atoms with Gasteiger partial charge in [-0.3, -0.25) is 4.79 Å². The van der Waals surface area contributed by atoms with E-state index < -0.39 is 5.97 Å². The number of hydrogen-bond donors (Lipinski definition) is 1. The van der Waals surface area contributed by atoms with Gasteiger partial charge in [-0.1, -0.05) is 52.5 Å². The predicted molar refractivity (Wildman–Crippen MR) is 122 cm³/mol. The molecule has 0 aromatic heterocycles. The molecule has 3 aromatic rings. The van der Waals surface area contributed by atoms with E-state index in [2.05, 4.69) is 5.32 Å². The van der Waals surface area contributed by atoms with Crippen molar-refractivity contribution in [1.82, 2.24) is 5.32 Å². The van der Waals surface area contributed by atoms with Crippen LogP contribution in [-0.2, 0) is 11.3 Å². The van der Waals surface area contributed by atoms with Crippen LogP contribution < -0.4 is 14.8 Å². The van der Waals surface area contributed by atoms with E-state index >= 15 is 0 Å². The Morgan fingerprint density at radius 3 is 2.29 bits per heavy atom. The molecular formula is C22H15Cl4NO4. The summed E-state index contributed by atoms with van der Waals surface area (Å²) in [6.07, 6.45) is 0. The highest BCUT2D eigenvalue weighted by Crippen LogP contribution is 2.33. The van der Waals surface area contributed by atoms with Crippen molar-refractivity contribution in [2.45, 2.75) is 6.54 Å². The minimum atomic E-state index is -0.679. The van der Waals surface area contributed by atoms with Crippen LogP contribution in [0.1, 0.15) is 15.9 Å². The molecule has 1 N–H and O–H groups in total. The van der Waals surface area contributed by atoms with Crippen molar-refractivity contribution < 1.29 is 19.1 Å². The molecule has 0 atom stereocenters. The van der Waals surface area contributed by atoms with E-state index in [1.54, 1.807) is 48.5 Å². The molecule has 0 fully saturated rings. The highest BCUT2D eigenvalue weighted by molar-refractivity contribution is 6.35. The maximum Gasteiger partial charge on any atom is 0.349 e. The Morgan fingerprint density at radius 1 is 0.839 bits per heavy atom. The zero-order chi connectivity index (χ0) is 22.4. The average Bonchev–Trinajstić information content (AvgIpc) is 2.73. The lowest BCUT2D eigenvalue weighted by atomic mass is 10.1. The minimum absolute atomic E-state index is 0.0201. The zero-order valence-electron chi connectivity index (χ0n) is 15.8. The number of halogens is 4. The Kier molecular flexibility index (Phi) is 8.04. The molecule has 160 valence electrons. The molecule has 9 heteroatoms. The van der Waals surface area contributed by atoms with Gasteiger partial charge in [0.15, 0.2) is 12.4 Å². The number of rotatable bonds is 7. The summed E-state index contributed by atoms with van der Waals surface area (Å²) in [6, 6.07) is 16.0. The van der Waals surface area contributed by atoms with E-state index in [0.29, 0.717) is 31.9 Å². The summed E-state index contributed by atoms with van der Waals surface area (Å²) in [7, 11) is 0. The van der Waals surface area contributed by atoms with Crippen molar-refractivity contribution in [2.24, 2.45) is 0 Å². The summed E-state index contributed by atoms with van der Waals surface area (Å²) in [5, 5.41) is 4.16. The fourth-order valence-electron chi connectivity index (χ4n) is 2.58. The topological polar surface area (TPSA) is 64.6 Å². The number of ether oxygens (including phenoxy) is 2. The number of amides is 1. The highest BCUT2D eigenvalue weighted by atomic mass is 35.5. The highest BCUT2D eigenvalue weighted by Gasteiger charge is 2.17. The van der Waals surface area contributed by atoms with Crippen LogP contribution in [0.2, 0.25) is 20.1 Å². The average molecular weight is 499 g/mol. The van der Waals surface area contributed by atoms with Crippen LogP contribution in [0.3, 0.4) is 0 Å². The van der Waals surface area contributed by atoms with E-state index in [-0.39, 0.29) is 29.8 Å². The number of hydrogen-bond acceptors (Lipinski definition) is 4. The molecule has 0 unspecified atom stereocenters. The molecule has 0 heterocycles. The standard InChI is InChI=1S/C22H15Cl4NO4/c23-15-4-6-18(7-5-15)30-12-20(28)31-21-14(9-17(25)10-19(21)26)11-27-22(29)13-2-1-3-16(24)8-13/h1-10H,11-12H2,(H,27,29). The van der Waals surface area contributed by atoms with Crippen molar-refractivity contribution in [2.75, 3.05) is 6.61 Å². The van der Waals surface area contributed by atoms with Crippen LogP contribution in [0.15, 0.2) is 60.7 Å². The molecule has 0 bridgehead atoms. The van der Waals surface area contributed by atoms with Crippen molar-refractivity contribution in [1.29, 1.82) is 0 Å². The van der Waals surface area contributed by atoms with Gasteiger partial charge in [0.05, 0.1) is 5.02 Å². The predicted octanol–water partition coefficient (Wildman–Crippen LogP) is 6.21. The first-order valence-corrected chi connectivity index (χ1v) is 10.4. The maximum atomic E-state index is 12.4. The first-order chi connectivity index (χ1) is 14.8. The lowest BCUT2D eigenvalue weighted by Gasteiger charge is -2.14. The molecule has 31 heavy (non-hydrogen) atoms. The Labute approximate surface area is 198 Å². The summed E-state index contributed by atoms with van der Waals surface area (Å²) in [6.45, 7) is -0.332. The van der Waals surface area contributed by atoms with Crippen LogP contribution in [-0.4, -0.2) is 18.5 Å². The fourth-order valence-corrected chi connectivity index (χ4v) is 3.47. The fraction of sp³-hybridized carbons (Fsp3) is 0.0909. The normalized spacial score (nSPS) is 10.5. The quantitative estimate of drug-likeness (QED) is 0.310. The SMILES string of the molecule is O=C(COc1ccc(Cl)cc1)Oc1c(Cl)cc(Cl)cc1CNC(=O)c1cccc(Cl)c1. The monoisotopic (exact) mass is 497 g/mol. The molecule has 0 radical (unpaired) electrons. The Bertz CT molecular complexity index is 1100. The van der Waals surface area contributed by atoms with Gasteiger partial charge < -0.3 is 14.8 Å². The molecular weight excluding hydrogens is 484 g/mol. The second-order valence-electron chi connectivity index (χ2n) is 6.29. The van der Waals surface area contributed by atoms with Gasteiger partial charge in [0.2, 0.25) is 0 Å². The van der Waals surface area contributed by atoms with Gasteiger partial charge in [0.1, 0.15) is 5.75 Å². The Morgan fingerprint density at radius 2 is 1.58 bits per heavy atom. The van der Waals surface area contributed by atoms with Crippen molar-refractivity contribution in [3.05, 3.63) is 91.9 Å². The van der Waals surface area contributed by atoms with Gasteiger partial charge in [-0.25, -0.2) is 4.79 Å². The molecule has 3 rings (SSSR count). The van der Waals surface area contributed by atoms with E-state index in [1.807, 2.05) is 0 Å². The van der Waals surface area contributed by atoms with E-state index in [4.69, 9.17) is 55.9 Å². The molecule has 0 aliphatic rings. The summed E-state index contributed by atoms with van der Waals surface area (Å²) in [4.78, 5) is 24.7. The largest absolute Gasteiger partial charge is 0.482 e. The van der Waals surface area contributed by atoms with Crippen LogP contribution in [0, 0.1) is 0 Å². The van der Waals surface area contributed by atoms with Crippen molar-refractivity contribution in [3.8, 4) is 11.5 Å². The molecule has 0 aliphatic carbocycles. The minimum Gasteiger partial charge on any atom is -0.482 e. The van der Waals surface area contributed by atoms with E-state index in [0.717, 1.165) is 0 Å². The van der Waals surface area contributed by atoms with Gasteiger partial charge in [-0.05, 0) is 54.6 Å². The molecule has 0 spiro atoms. The first kappa shape index (κ1) is 23.2. The van der Waals surface area contributed by atoms with Crippen LogP contribution in [0.4, 0.5) is 0 Å². The van der Waals surface area contributed by atoms with Gasteiger partial charge in [0.25, 0.3) is 5.91 Å². The van der Waals surface area contributed by atoms with Crippen LogP contribution in [0.5, 0.6) is 11.5 Å². The summed E-state index contributed by atoms with van der Waals surface area (Å²) >= 11 is 24.0. The van der Waals surface area contributed by atoms with Crippen molar-refractivity contribution in [3.63, 3.8) is 0 Å². The lowest BCUT2D eigenvalue weighted by molar-refractivity contribution is -0.136. The number of carbonyl (C=O) groups is 2. The van der Waals surface area contributed by atoms with Crippen LogP contribution >= 0.6 is 46.4 Å². The van der Waals surface area contributed by atoms with Gasteiger partial charge >= 0.3 is 5.97 Å². The Hall–Kier alpha value is -2.44. The van der Waals surface area contributed by atoms with E-state index in [1.165, 1.54) is 12.1 Å². The molecule has 0 aliphatic heterocycles.